The van der Waals surface area contributed by atoms with Crippen molar-refractivity contribution in [3.63, 3.8) is 0 Å². The monoisotopic (exact) mass is 332 g/mol. The zero-order chi connectivity index (χ0) is 16.2. The predicted molar refractivity (Wildman–Crippen MR) is 89.7 cm³/mol. The Hall–Kier alpha value is -1.76. The fourth-order valence-electron chi connectivity index (χ4n) is 2.58. The Kier molecular flexibility index (Phi) is 5.05. The van der Waals surface area contributed by atoms with E-state index in [9.17, 15) is 4.79 Å². The molecule has 2 aromatic rings. The molecule has 5 nitrogen and oxygen atoms in total. The van der Waals surface area contributed by atoms with Crippen LogP contribution in [0.5, 0.6) is 0 Å². The predicted octanol–water partition coefficient (Wildman–Crippen LogP) is 2.74. The number of rotatable bonds is 4. The number of ether oxygens (including phenoxy) is 2. The van der Waals surface area contributed by atoms with Crippen LogP contribution in [-0.4, -0.2) is 49.3 Å². The second-order valence-electron chi connectivity index (χ2n) is 5.50. The van der Waals surface area contributed by atoms with Crippen LogP contribution in [0.3, 0.4) is 0 Å². The van der Waals surface area contributed by atoms with Crippen molar-refractivity contribution in [3.05, 3.63) is 40.4 Å². The number of methoxy groups -OCH3 is 1. The number of hydrogen-bond donors (Lipinski definition) is 0. The maximum atomic E-state index is 11.7. The molecule has 0 bridgehead atoms. The van der Waals surface area contributed by atoms with Crippen LogP contribution in [0.15, 0.2) is 24.3 Å². The van der Waals surface area contributed by atoms with Gasteiger partial charge in [-0.2, -0.15) is 0 Å². The summed E-state index contributed by atoms with van der Waals surface area (Å²) >= 11 is 1.51. The Balaban J connectivity index is 1.73. The van der Waals surface area contributed by atoms with Crippen molar-refractivity contribution in [1.29, 1.82) is 0 Å². The third kappa shape index (κ3) is 3.77. The molecule has 1 aliphatic rings. The van der Waals surface area contributed by atoms with Crippen LogP contribution in [0.2, 0.25) is 0 Å². The lowest BCUT2D eigenvalue weighted by atomic mass is 10.1. The second kappa shape index (κ2) is 7.21. The fourth-order valence-corrected chi connectivity index (χ4v) is 3.48. The first-order valence-corrected chi connectivity index (χ1v) is 8.44. The van der Waals surface area contributed by atoms with E-state index in [0.29, 0.717) is 5.69 Å². The van der Waals surface area contributed by atoms with Gasteiger partial charge in [0.2, 0.25) is 0 Å². The maximum Gasteiger partial charge on any atom is 0.357 e. The van der Waals surface area contributed by atoms with E-state index in [4.69, 9.17) is 9.47 Å². The Morgan fingerprint density at radius 2 is 2.00 bits per heavy atom. The highest BCUT2D eigenvalue weighted by molar-refractivity contribution is 7.15. The molecule has 0 unspecified atom stereocenters. The second-order valence-corrected chi connectivity index (χ2v) is 6.70. The Morgan fingerprint density at radius 3 is 2.65 bits per heavy atom. The Bertz CT molecular complexity index is 676. The van der Waals surface area contributed by atoms with E-state index in [2.05, 4.69) is 34.1 Å². The highest BCUT2D eigenvalue weighted by Gasteiger charge is 2.17. The number of morpholine rings is 1. The van der Waals surface area contributed by atoms with Crippen LogP contribution in [-0.2, 0) is 16.0 Å². The zero-order valence-corrected chi connectivity index (χ0v) is 14.2. The van der Waals surface area contributed by atoms with Crippen LogP contribution in [0.4, 0.5) is 0 Å². The van der Waals surface area contributed by atoms with Crippen molar-refractivity contribution in [2.45, 2.75) is 13.5 Å². The highest BCUT2D eigenvalue weighted by Crippen LogP contribution is 2.28. The Labute approximate surface area is 139 Å². The molecule has 0 spiro atoms. The summed E-state index contributed by atoms with van der Waals surface area (Å²) in [4.78, 5) is 19.3. The normalized spacial score (nSPS) is 15.6. The van der Waals surface area contributed by atoms with Crippen LogP contribution in [0, 0.1) is 6.92 Å². The molecular weight excluding hydrogens is 312 g/mol. The van der Waals surface area contributed by atoms with Gasteiger partial charge >= 0.3 is 5.97 Å². The van der Waals surface area contributed by atoms with Gasteiger partial charge in [-0.3, -0.25) is 4.90 Å². The number of thiazole rings is 1. The molecule has 1 fully saturated rings. The van der Waals surface area contributed by atoms with E-state index >= 15 is 0 Å². The van der Waals surface area contributed by atoms with E-state index in [1.54, 1.807) is 0 Å². The standard InChI is InChI=1S/C17H20N2O3S/c1-12-15(17(20)21-2)18-16(23-12)14-5-3-13(4-6-14)11-19-7-9-22-10-8-19/h3-6H,7-11H2,1-2H3. The van der Waals surface area contributed by atoms with Crippen LogP contribution in [0.1, 0.15) is 20.9 Å². The number of carbonyl (C=O) groups is 1. The molecule has 3 rings (SSSR count). The third-order valence-electron chi connectivity index (χ3n) is 3.89. The largest absolute Gasteiger partial charge is 0.464 e. The van der Waals surface area contributed by atoms with Crippen molar-refractivity contribution >= 4 is 17.3 Å². The first-order valence-electron chi connectivity index (χ1n) is 7.62. The molecule has 1 aromatic heterocycles. The van der Waals surface area contributed by atoms with Gasteiger partial charge in [0.25, 0.3) is 0 Å². The molecule has 0 N–H and O–H groups in total. The lowest BCUT2D eigenvalue weighted by Crippen LogP contribution is -2.35. The molecule has 2 heterocycles. The van der Waals surface area contributed by atoms with Crippen molar-refractivity contribution in [1.82, 2.24) is 9.88 Å². The summed E-state index contributed by atoms with van der Waals surface area (Å²) in [6.45, 7) is 6.42. The number of esters is 1. The van der Waals surface area contributed by atoms with Crippen LogP contribution in [0.25, 0.3) is 10.6 Å². The minimum atomic E-state index is -0.381. The number of nitrogens with zero attached hydrogens (tertiary/aromatic N) is 2. The summed E-state index contributed by atoms with van der Waals surface area (Å²) in [5, 5.41) is 0.848. The smallest absolute Gasteiger partial charge is 0.357 e. The summed E-state index contributed by atoms with van der Waals surface area (Å²) in [5.41, 5.74) is 2.71. The van der Waals surface area contributed by atoms with Gasteiger partial charge in [0, 0.05) is 30.1 Å². The highest BCUT2D eigenvalue weighted by atomic mass is 32.1. The molecular formula is C17H20N2O3S. The molecule has 23 heavy (non-hydrogen) atoms. The molecule has 0 aliphatic carbocycles. The first kappa shape index (κ1) is 16.1. The van der Waals surface area contributed by atoms with Crippen molar-refractivity contribution in [2.24, 2.45) is 0 Å². The van der Waals surface area contributed by atoms with Gasteiger partial charge in [0.15, 0.2) is 5.69 Å². The lowest BCUT2D eigenvalue weighted by Gasteiger charge is -2.26. The van der Waals surface area contributed by atoms with Crippen molar-refractivity contribution in [2.75, 3.05) is 33.4 Å². The van der Waals surface area contributed by atoms with E-state index in [1.807, 2.05) is 6.92 Å². The molecule has 0 amide bonds. The number of hydrogen-bond acceptors (Lipinski definition) is 6. The van der Waals surface area contributed by atoms with Gasteiger partial charge in [-0.1, -0.05) is 24.3 Å². The molecule has 0 radical (unpaired) electrons. The van der Waals surface area contributed by atoms with Gasteiger partial charge in [-0.15, -0.1) is 11.3 Å². The van der Waals surface area contributed by atoms with Crippen LogP contribution >= 0.6 is 11.3 Å². The molecule has 6 heteroatoms. The Morgan fingerprint density at radius 1 is 1.30 bits per heavy atom. The van der Waals surface area contributed by atoms with Crippen molar-refractivity contribution in [3.8, 4) is 10.6 Å². The summed E-state index contributed by atoms with van der Waals surface area (Å²) in [5.74, 6) is -0.381. The summed E-state index contributed by atoms with van der Waals surface area (Å²) in [6, 6.07) is 8.38. The molecule has 1 aliphatic heterocycles. The van der Waals surface area contributed by atoms with E-state index in [1.165, 1.54) is 24.0 Å². The topological polar surface area (TPSA) is 51.7 Å². The number of benzene rings is 1. The van der Waals surface area contributed by atoms with Gasteiger partial charge in [0.05, 0.1) is 20.3 Å². The first-order chi connectivity index (χ1) is 11.2. The SMILES string of the molecule is COC(=O)c1nc(-c2ccc(CN3CCOCC3)cc2)sc1C. The van der Waals surface area contributed by atoms with Crippen LogP contribution < -0.4 is 0 Å². The fraction of sp³-hybridized carbons (Fsp3) is 0.412. The van der Waals surface area contributed by atoms with Crippen molar-refractivity contribution < 1.29 is 14.3 Å². The van der Waals surface area contributed by atoms with Gasteiger partial charge < -0.3 is 9.47 Å². The average Bonchev–Trinajstić information content (AvgIpc) is 2.97. The minimum absolute atomic E-state index is 0.381. The van der Waals surface area contributed by atoms with E-state index in [-0.39, 0.29) is 5.97 Å². The molecule has 0 saturated carbocycles. The number of aromatic nitrogens is 1. The zero-order valence-electron chi connectivity index (χ0n) is 13.4. The van der Waals surface area contributed by atoms with Gasteiger partial charge in [-0.05, 0) is 12.5 Å². The summed E-state index contributed by atoms with van der Waals surface area (Å²) in [7, 11) is 1.38. The lowest BCUT2D eigenvalue weighted by molar-refractivity contribution is 0.0342. The van der Waals surface area contributed by atoms with Gasteiger partial charge in [0.1, 0.15) is 5.01 Å². The minimum Gasteiger partial charge on any atom is -0.464 e. The molecule has 122 valence electrons. The summed E-state index contributed by atoms with van der Waals surface area (Å²) < 4.78 is 10.1. The summed E-state index contributed by atoms with van der Waals surface area (Å²) in [6.07, 6.45) is 0. The quantitative estimate of drug-likeness (QED) is 0.806. The van der Waals surface area contributed by atoms with Gasteiger partial charge in [-0.25, -0.2) is 9.78 Å². The number of aryl methyl sites for hydroxylation is 1. The molecule has 0 atom stereocenters. The third-order valence-corrected chi connectivity index (χ3v) is 4.91. The number of carbonyl (C=O) groups excluding carboxylic acids is 1. The molecule has 1 aromatic carbocycles. The maximum absolute atomic E-state index is 11.7. The van der Waals surface area contributed by atoms with E-state index < -0.39 is 0 Å². The molecule has 1 saturated heterocycles. The average molecular weight is 332 g/mol. The van der Waals surface area contributed by atoms with E-state index in [0.717, 1.165) is 48.3 Å².